The van der Waals surface area contributed by atoms with Crippen LogP contribution in [-0.4, -0.2) is 31.2 Å². The Balaban J connectivity index is 2.02. The highest BCUT2D eigenvalue weighted by atomic mass is 19.3. The van der Waals surface area contributed by atoms with Crippen molar-refractivity contribution in [3.8, 4) is 5.75 Å². The number of benzene rings is 1. The standard InChI is InChI=1S/C19H23F2N3O/c1-19(20,21)14-3-5-15(6-4-14)24(16-7-10-22-11-8-16)17-13-23-12-9-18(17)25-2/h3-6,9,12-13,16,22H,7-8,10-11H2,1-2H3. The van der Waals surface area contributed by atoms with Crippen molar-refractivity contribution in [1.82, 2.24) is 10.3 Å². The number of hydrogen-bond acceptors (Lipinski definition) is 4. The first kappa shape index (κ1) is 17.6. The minimum absolute atomic E-state index is 0.0136. The molecule has 1 aliphatic heterocycles. The maximum atomic E-state index is 13.5. The number of anilines is 2. The van der Waals surface area contributed by atoms with E-state index in [1.165, 1.54) is 12.1 Å². The summed E-state index contributed by atoms with van der Waals surface area (Å²) in [6.07, 6.45) is 5.38. The third-order valence-electron chi connectivity index (χ3n) is 4.57. The van der Waals surface area contributed by atoms with Gasteiger partial charge in [-0.2, -0.15) is 0 Å². The van der Waals surface area contributed by atoms with E-state index < -0.39 is 5.92 Å². The molecule has 1 saturated heterocycles. The van der Waals surface area contributed by atoms with Gasteiger partial charge < -0.3 is 15.0 Å². The number of halogens is 2. The summed E-state index contributed by atoms with van der Waals surface area (Å²) < 4.78 is 32.6. The summed E-state index contributed by atoms with van der Waals surface area (Å²) in [5.41, 5.74) is 1.73. The molecule has 0 bridgehead atoms. The monoisotopic (exact) mass is 347 g/mol. The molecule has 0 aliphatic carbocycles. The van der Waals surface area contributed by atoms with E-state index in [4.69, 9.17) is 4.74 Å². The largest absolute Gasteiger partial charge is 0.494 e. The molecule has 2 heterocycles. The number of pyridine rings is 1. The third kappa shape index (κ3) is 3.90. The van der Waals surface area contributed by atoms with E-state index in [1.807, 2.05) is 6.07 Å². The summed E-state index contributed by atoms with van der Waals surface area (Å²) in [6, 6.07) is 8.56. The number of piperidine rings is 1. The summed E-state index contributed by atoms with van der Waals surface area (Å²) in [6.45, 7) is 2.76. The Kier molecular flexibility index (Phi) is 5.18. The lowest BCUT2D eigenvalue weighted by Gasteiger charge is -2.37. The van der Waals surface area contributed by atoms with Crippen molar-refractivity contribution >= 4 is 11.4 Å². The topological polar surface area (TPSA) is 37.4 Å². The maximum absolute atomic E-state index is 13.5. The van der Waals surface area contributed by atoms with Crippen LogP contribution in [0.15, 0.2) is 42.7 Å². The molecule has 0 spiro atoms. The fourth-order valence-electron chi connectivity index (χ4n) is 3.25. The number of rotatable bonds is 5. The fourth-order valence-corrected chi connectivity index (χ4v) is 3.25. The van der Waals surface area contributed by atoms with E-state index in [9.17, 15) is 8.78 Å². The van der Waals surface area contributed by atoms with Crippen LogP contribution in [0.3, 0.4) is 0 Å². The Bertz CT molecular complexity index is 695. The first-order chi connectivity index (χ1) is 12.0. The molecule has 134 valence electrons. The lowest BCUT2D eigenvalue weighted by molar-refractivity contribution is 0.0175. The Morgan fingerprint density at radius 3 is 2.44 bits per heavy atom. The summed E-state index contributed by atoms with van der Waals surface area (Å²) >= 11 is 0. The van der Waals surface area contributed by atoms with Crippen molar-refractivity contribution in [1.29, 1.82) is 0 Å². The molecule has 1 fully saturated rings. The van der Waals surface area contributed by atoms with Crippen LogP contribution >= 0.6 is 0 Å². The number of nitrogens with one attached hydrogen (secondary N) is 1. The van der Waals surface area contributed by atoms with Gasteiger partial charge in [0.05, 0.1) is 13.3 Å². The predicted octanol–water partition coefficient (Wildman–Crippen LogP) is 4.09. The number of hydrogen-bond donors (Lipinski definition) is 1. The van der Waals surface area contributed by atoms with Gasteiger partial charge in [-0.3, -0.25) is 4.98 Å². The fraction of sp³-hybridized carbons (Fsp3) is 0.421. The molecule has 1 aromatic carbocycles. The van der Waals surface area contributed by atoms with Crippen molar-refractivity contribution in [2.45, 2.75) is 31.7 Å². The zero-order chi connectivity index (χ0) is 17.9. The van der Waals surface area contributed by atoms with Crippen molar-refractivity contribution in [3.63, 3.8) is 0 Å². The van der Waals surface area contributed by atoms with Gasteiger partial charge >= 0.3 is 0 Å². The Morgan fingerprint density at radius 1 is 1.16 bits per heavy atom. The molecule has 3 rings (SSSR count). The van der Waals surface area contributed by atoms with Crippen LogP contribution in [0.1, 0.15) is 25.3 Å². The van der Waals surface area contributed by atoms with Gasteiger partial charge in [-0.1, -0.05) is 12.1 Å². The van der Waals surface area contributed by atoms with E-state index in [0.717, 1.165) is 50.0 Å². The molecule has 2 aromatic rings. The molecule has 1 aromatic heterocycles. The van der Waals surface area contributed by atoms with Gasteiger partial charge in [-0.05, 0) is 38.1 Å². The molecule has 0 saturated carbocycles. The average molecular weight is 347 g/mol. The molecule has 6 heteroatoms. The molecule has 4 nitrogen and oxygen atoms in total. The zero-order valence-corrected chi connectivity index (χ0v) is 14.5. The van der Waals surface area contributed by atoms with Crippen LogP contribution < -0.4 is 15.0 Å². The maximum Gasteiger partial charge on any atom is 0.270 e. The van der Waals surface area contributed by atoms with Crippen molar-refractivity contribution in [2.75, 3.05) is 25.1 Å². The number of methoxy groups -OCH3 is 1. The van der Waals surface area contributed by atoms with E-state index >= 15 is 0 Å². The van der Waals surface area contributed by atoms with Gasteiger partial charge in [0.25, 0.3) is 5.92 Å². The van der Waals surface area contributed by atoms with Crippen LogP contribution in [0.2, 0.25) is 0 Å². The molecule has 0 unspecified atom stereocenters. The number of aromatic nitrogens is 1. The van der Waals surface area contributed by atoms with Crippen molar-refractivity contribution < 1.29 is 13.5 Å². The second-order valence-electron chi connectivity index (χ2n) is 6.33. The van der Waals surface area contributed by atoms with Crippen molar-refractivity contribution in [3.05, 3.63) is 48.3 Å². The number of nitrogens with zero attached hydrogens (tertiary/aromatic N) is 2. The Labute approximate surface area is 146 Å². The average Bonchev–Trinajstić information content (AvgIpc) is 2.63. The van der Waals surface area contributed by atoms with Gasteiger partial charge in [0, 0.05) is 36.5 Å². The quantitative estimate of drug-likeness (QED) is 0.884. The van der Waals surface area contributed by atoms with E-state index in [-0.39, 0.29) is 11.6 Å². The van der Waals surface area contributed by atoms with Gasteiger partial charge in [0.2, 0.25) is 0 Å². The molecule has 0 atom stereocenters. The molecule has 0 radical (unpaired) electrons. The highest BCUT2D eigenvalue weighted by Crippen LogP contribution is 2.38. The van der Waals surface area contributed by atoms with E-state index in [2.05, 4.69) is 15.2 Å². The Hall–Kier alpha value is -2.21. The molecular weight excluding hydrogens is 324 g/mol. The first-order valence-electron chi connectivity index (χ1n) is 8.47. The lowest BCUT2D eigenvalue weighted by atomic mass is 10.0. The minimum Gasteiger partial charge on any atom is -0.494 e. The van der Waals surface area contributed by atoms with Crippen LogP contribution in [0.25, 0.3) is 0 Å². The zero-order valence-electron chi connectivity index (χ0n) is 14.5. The van der Waals surface area contributed by atoms with E-state index in [0.29, 0.717) is 0 Å². The minimum atomic E-state index is -2.84. The lowest BCUT2D eigenvalue weighted by Crippen LogP contribution is -2.41. The molecule has 25 heavy (non-hydrogen) atoms. The van der Waals surface area contributed by atoms with Crippen LogP contribution in [-0.2, 0) is 5.92 Å². The number of alkyl halides is 2. The molecular formula is C19H23F2N3O. The van der Waals surface area contributed by atoms with Gasteiger partial charge in [0.1, 0.15) is 11.4 Å². The van der Waals surface area contributed by atoms with Gasteiger partial charge in [-0.25, -0.2) is 8.78 Å². The smallest absolute Gasteiger partial charge is 0.270 e. The first-order valence-corrected chi connectivity index (χ1v) is 8.47. The summed E-state index contributed by atoms with van der Waals surface area (Å²) in [5, 5.41) is 3.36. The second-order valence-corrected chi connectivity index (χ2v) is 6.33. The SMILES string of the molecule is COc1ccncc1N(c1ccc(C(C)(F)F)cc1)C1CCNCC1. The summed E-state index contributed by atoms with van der Waals surface area (Å²) in [4.78, 5) is 6.39. The normalized spacial score (nSPS) is 15.8. The van der Waals surface area contributed by atoms with Crippen LogP contribution in [0.4, 0.5) is 20.2 Å². The summed E-state index contributed by atoms with van der Waals surface area (Å²) in [7, 11) is 1.63. The van der Waals surface area contributed by atoms with Crippen LogP contribution in [0.5, 0.6) is 5.75 Å². The Morgan fingerprint density at radius 2 is 1.84 bits per heavy atom. The molecule has 0 amide bonds. The van der Waals surface area contributed by atoms with Crippen LogP contribution in [0, 0.1) is 0 Å². The van der Waals surface area contributed by atoms with Crippen molar-refractivity contribution in [2.24, 2.45) is 0 Å². The third-order valence-corrected chi connectivity index (χ3v) is 4.57. The molecule has 1 N–H and O–H groups in total. The highest BCUT2D eigenvalue weighted by molar-refractivity contribution is 5.69. The number of ether oxygens (including phenoxy) is 1. The summed E-state index contributed by atoms with van der Waals surface area (Å²) in [5.74, 6) is -2.12. The second kappa shape index (κ2) is 7.35. The van der Waals surface area contributed by atoms with Gasteiger partial charge in [0.15, 0.2) is 0 Å². The predicted molar refractivity (Wildman–Crippen MR) is 94.8 cm³/mol. The highest BCUT2D eigenvalue weighted by Gasteiger charge is 2.27. The van der Waals surface area contributed by atoms with E-state index in [1.54, 1.807) is 31.6 Å². The molecule has 1 aliphatic rings. The van der Waals surface area contributed by atoms with Gasteiger partial charge in [-0.15, -0.1) is 0 Å².